The first kappa shape index (κ1) is 17.1. The third-order valence-electron chi connectivity index (χ3n) is 4.01. The van der Waals surface area contributed by atoms with Crippen LogP contribution in [0.15, 0.2) is 36.4 Å². The largest absolute Gasteiger partial charge is 0.493 e. The Hall–Kier alpha value is -2.76. The molecule has 1 aromatic heterocycles. The Morgan fingerprint density at radius 1 is 1.12 bits per heavy atom. The smallest absolute Gasteiger partial charge is 0.204 e. The van der Waals surface area contributed by atoms with Crippen LogP contribution in [0.1, 0.15) is 19.4 Å². The molecule has 0 aliphatic carbocycles. The van der Waals surface area contributed by atoms with Crippen molar-refractivity contribution in [3.63, 3.8) is 0 Å². The number of aromatic nitrogens is 2. The predicted molar refractivity (Wildman–Crippen MR) is 96.9 cm³/mol. The highest BCUT2D eigenvalue weighted by Gasteiger charge is 2.11. The molecule has 1 heterocycles. The maximum Gasteiger partial charge on any atom is 0.204 e. The van der Waals surface area contributed by atoms with Gasteiger partial charge in [0, 0.05) is 19.2 Å². The first-order chi connectivity index (χ1) is 12.2. The first-order valence-electron chi connectivity index (χ1n) is 8.35. The van der Waals surface area contributed by atoms with Gasteiger partial charge in [-0.2, -0.15) is 0 Å². The zero-order chi connectivity index (χ0) is 17.8. The summed E-state index contributed by atoms with van der Waals surface area (Å²) in [5.74, 6) is 1.87. The van der Waals surface area contributed by atoms with Crippen molar-refractivity contribution in [3.8, 4) is 11.5 Å². The van der Waals surface area contributed by atoms with Gasteiger partial charge in [-0.1, -0.05) is 6.07 Å². The number of fused-ring (bicyclic) bond motifs is 1. The molecule has 1 N–H and O–H groups in total. The minimum atomic E-state index is -0.281. The van der Waals surface area contributed by atoms with E-state index in [1.165, 1.54) is 12.1 Å². The SMILES string of the molecule is CCOc1ccc(CNc2nc3cc(F)ccc3n2CC)cc1OC. The highest BCUT2D eigenvalue weighted by atomic mass is 19.1. The van der Waals surface area contributed by atoms with Crippen LogP contribution < -0.4 is 14.8 Å². The Kier molecular flexibility index (Phi) is 5.07. The molecule has 6 heteroatoms. The van der Waals surface area contributed by atoms with E-state index in [0.717, 1.165) is 29.3 Å². The standard InChI is InChI=1S/C19H22FN3O2/c1-4-23-16-8-7-14(20)11-15(16)22-19(23)21-12-13-6-9-17(25-5-2)18(10-13)24-3/h6-11H,4-5,12H2,1-3H3,(H,21,22). The van der Waals surface area contributed by atoms with E-state index in [9.17, 15) is 4.39 Å². The second kappa shape index (κ2) is 7.42. The molecule has 2 aromatic carbocycles. The second-order valence-corrected chi connectivity index (χ2v) is 5.58. The number of benzene rings is 2. The fourth-order valence-electron chi connectivity index (χ4n) is 2.84. The minimum Gasteiger partial charge on any atom is -0.493 e. The Morgan fingerprint density at radius 3 is 2.68 bits per heavy atom. The third kappa shape index (κ3) is 3.52. The van der Waals surface area contributed by atoms with Crippen molar-refractivity contribution in [3.05, 3.63) is 47.8 Å². The molecule has 132 valence electrons. The van der Waals surface area contributed by atoms with Gasteiger partial charge in [0.1, 0.15) is 5.82 Å². The molecule has 3 aromatic rings. The van der Waals surface area contributed by atoms with E-state index in [-0.39, 0.29) is 5.82 Å². The molecular weight excluding hydrogens is 321 g/mol. The van der Waals surface area contributed by atoms with Gasteiger partial charge in [-0.05, 0) is 43.7 Å². The van der Waals surface area contributed by atoms with E-state index in [2.05, 4.69) is 10.3 Å². The van der Waals surface area contributed by atoms with Crippen molar-refractivity contribution < 1.29 is 13.9 Å². The van der Waals surface area contributed by atoms with Crippen molar-refractivity contribution >= 4 is 17.0 Å². The van der Waals surface area contributed by atoms with Crippen LogP contribution in [0.4, 0.5) is 10.3 Å². The number of nitrogens with zero attached hydrogens (tertiary/aromatic N) is 2. The van der Waals surface area contributed by atoms with E-state index >= 15 is 0 Å². The molecule has 0 saturated heterocycles. The molecular formula is C19H22FN3O2. The molecule has 5 nitrogen and oxygen atoms in total. The summed E-state index contributed by atoms with van der Waals surface area (Å²) >= 11 is 0. The number of hydrogen-bond donors (Lipinski definition) is 1. The lowest BCUT2D eigenvalue weighted by Gasteiger charge is -2.12. The summed E-state index contributed by atoms with van der Waals surface area (Å²) in [7, 11) is 1.63. The molecule has 0 fully saturated rings. The molecule has 0 atom stereocenters. The van der Waals surface area contributed by atoms with Gasteiger partial charge >= 0.3 is 0 Å². The van der Waals surface area contributed by atoms with E-state index in [0.29, 0.717) is 24.4 Å². The topological polar surface area (TPSA) is 48.3 Å². The number of methoxy groups -OCH3 is 1. The number of nitrogens with one attached hydrogen (secondary N) is 1. The number of aryl methyl sites for hydroxylation is 1. The number of hydrogen-bond acceptors (Lipinski definition) is 4. The van der Waals surface area contributed by atoms with Gasteiger partial charge in [0.2, 0.25) is 5.95 Å². The Balaban J connectivity index is 1.82. The van der Waals surface area contributed by atoms with Crippen LogP contribution in [-0.2, 0) is 13.1 Å². The number of imidazole rings is 1. The van der Waals surface area contributed by atoms with Crippen LogP contribution in [0.3, 0.4) is 0 Å². The Bertz CT molecular complexity index is 876. The minimum absolute atomic E-state index is 0.281. The summed E-state index contributed by atoms with van der Waals surface area (Å²) in [4.78, 5) is 4.50. The molecule has 3 rings (SSSR count). The monoisotopic (exact) mass is 343 g/mol. The molecule has 0 unspecified atom stereocenters. The van der Waals surface area contributed by atoms with Crippen molar-refractivity contribution in [1.82, 2.24) is 9.55 Å². The number of anilines is 1. The zero-order valence-electron chi connectivity index (χ0n) is 14.7. The highest BCUT2D eigenvalue weighted by molar-refractivity contribution is 5.78. The van der Waals surface area contributed by atoms with E-state index < -0.39 is 0 Å². The van der Waals surface area contributed by atoms with Gasteiger partial charge in [-0.25, -0.2) is 9.37 Å². The average molecular weight is 343 g/mol. The summed E-state index contributed by atoms with van der Waals surface area (Å²) in [6.45, 7) is 5.89. The van der Waals surface area contributed by atoms with Gasteiger partial charge in [0.15, 0.2) is 11.5 Å². The molecule has 0 aliphatic rings. The maximum atomic E-state index is 13.4. The second-order valence-electron chi connectivity index (χ2n) is 5.58. The van der Waals surface area contributed by atoms with Crippen molar-refractivity contribution in [1.29, 1.82) is 0 Å². The maximum absolute atomic E-state index is 13.4. The van der Waals surface area contributed by atoms with Gasteiger partial charge in [-0.3, -0.25) is 0 Å². The van der Waals surface area contributed by atoms with E-state index in [1.807, 2.05) is 36.6 Å². The zero-order valence-corrected chi connectivity index (χ0v) is 14.7. The summed E-state index contributed by atoms with van der Waals surface area (Å²) in [6.07, 6.45) is 0. The van der Waals surface area contributed by atoms with Gasteiger partial charge in [0.05, 0.1) is 24.8 Å². The first-order valence-corrected chi connectivity index (χ1v) is 8.35. The van der Waals surface area contributed by atoms with E-state index in [4.69, 9.17) is 9.47 Å². The van der Waals surface area contributed by atoms with Crippen LogP contribution >= 0.6 is 0 Å². The molecule has 0 saturated carbocycles. The summed E-state index contributed by atoms with van der Waals surface area (Å²) in [6, 6.07) is 10.5. The number of ether oxygens (including phenoxy) is 2. The van der Waals surface area contributed by atoms with Crippen LogP contribution in [0.25, 0.3) is 11.0 Å². The van der Waals surface area contributed by atoms with Crippen molar-refractivity contribution in [2.45, 2.75) is 26.9 Å². The summed E-state index contributed by atoms with van der Waals surface area (Å²) in [5.41, 5.74) is 2.60. The molecule has 0 radical (unpaired) electrons. The van der Waals surface area contributed by atoms with Gasteiger partial charge in [0.25, 0.3) is 0 Å². The quantitative estimate of drug-likeness (QED) is 0.698. The number of halogens is 1. The molecule has 25 heavy (non-hydrogen) atoms. The van der Waals surface area contributed by atoms with Crippen LogP contribution in [0.2, 0.25) is 0 Å². The lowest BCUT2D eigenvalue weighted by atomic mass is 10.2. The van der Waals surface area contributed by atoms with Crippen LogP contribution in [0, 0.1) is 5.82 Å². The summed E-state index contributed by atoms with van der Waals surface area (Å²) < 4.78 is 26.4. The van der Waals surface area contributed by atoms with Crippen molar-refractivity contribution in [2.24, 2.45) is 0 Å². The molecule has 0 aliphatic heterocycles. The average Bonchev–Trinajstić information content (AvgIpc) is 2.97. The summed E-state index contributed by atoms with van der Waals surface area (Å²) in [5, 5.41) is 3.33. The van der Waals surface area contributed by atoms with Crippen LogP contribution in [0.5, 0.6) is 11.5 Å². The Labute approximate surface area is 146 Å². The van der Waals surface area contributed by atoms with Crippen LogP contribution in [-0.4, -0.2) is 23.3 Å². The van der Waals surface area contributed by atoms with Gasteiger partial charge in [-0.15, -0.1) is 0 Å². The fraction of sp³-hybridized carbons (Fsp3) is 0.316. The highest BCUT2D eigenvalue weighted by Crippen LogP contribution is 2.28. The lowest BCUT2D eigenvalue weighted by Crippen LogP contribution is -2.07. The van der Waals surface area contributed by atoms with Gasteiger partial charge < -0.3 is 19.4 Å². The molecule has 0 amide bonds. The molecule has 0 spiro atoms. The van der Waals surface area contributed by atoms with E-state index in [1.54, 1.807) is 13.2 Å². The Morgan fingerprint density at radius 2 is 1.96 bits per heavy atom. The number of rotatable bonds is 7. The molecule has 0 bridgehead atoms. The fourth-order valence-corrected chi connectivity index (χ4v) is 2.84. The van der Waals surface area contributed by atoms with Crippen molar-refractivity contribution in [2.75, 3.05) is 19.0 Å². The lowest BCUT2D eigenvalue weighted by molar-refractivity contribution is 0.310. The third-order valence-corrected chi connectivity index (χ3v) is 4.01. The predicted octanol–water partition coefficient (Wildman–Crippen LogP) is 4.21. The normalized spacial score (nSPS) is 10.9.